The number of nitrogens with zero attached hydrogens (tertiary/aromatic N) is 3. The van der Waals surface area contributed by atoms with Crippen molar-refractivity contribution in [2.45, 2.75) is 39.4 Å². The first-order chi connectivity index (χ1) is 13.0. The van der Waals surface area contributed by atoms with E-state index >= 15 is 0 Å². The van der Waals surface area contributed by atoms with Crippen molar-refractivity contribution in [3.05, 3.63) is 47.7 Å². The smallest absolute Gasteiger partial charge is 0.234 e. The maximum atomic E-state index is 12.5. The Balaban J connectivity index is 1.73. The van der Waals surface area contributed by atoms with Gasteiger partial charge in [0.2, 0.25) is 5.91 Å². The summed E-state index contributed by atoms with van der Waals surface area (Å²) in [5.74, 6) is 1.98. The Morgan fingerprint density at radius 3 is 2.56 bits per heavy atom. The SMILES string of the molecule is Cc1cccc(C)c1NC(=O)CSc1nnc(-c2ccco2)n1CC(C)C. The van der Waals surface area contributed by atoms with Crippen LogP contribution in [0.25, 0.3) is 11.6 Å². The van der Waals surface area contributed by atoms with Crippen molar-refractivity contribution < 1.29 is 9.21 Å². The molecule has 6 nitrogen and oxygen atoms in total. The van der Waals surface area contributed by atoms with E-state index in [0.29, 0.717) is 22.7 Å². The number of anilines is 1. The van der Waals surface area contributed by atoms with E-state index in [0.717, 1.165) is 23.4 Å². The molecule has 0 aliphatic rings. The lowest BCUT2D eigenvalue weighted by molar-refractivity contribution is -0.113. The molecule has 0 unspecified atom stereocenters. The summed E-state index contributed by atoms with van der Waals surface area (Å²) in [5.41, 5.74) is 2.98. The Labute approximate surface area is 163 Å². The van der Waals surface area contributed by atoms with Crippen molar-refractivity contribution in [3.63, 3.8) is 0 Å². The van der Waals surface area contributed by atoms with Crippen LogP contribution in [0.1, 0.15) is 25.0 Å². The first-order valence-electron chi connectivity index (χ1n) is 8.91. The summed E-state index contributed by atoms with van der Waals surface area (Å²) >= 11 is 1.38. The van der Waals surface area contributed by atoms with Gasteiger partial charge in [0.05, 0.1) is 12.0 Å². The number of thioether (sulfide) groups is 1. The number of nitrogens with one attached hydrogen (secondary N) is 1. The van der Waals surface area contributed by atoms with Gasteiger partial charge in [-0.3, -0.25) is 9.36 Å². The quantitative estimate of drug-likeness (QED) is 0.605. The summed E-state index contributed by atoms with van der Waals surface area (Å²) < 4.78 is 7.49. The average Bonchev–Trinajstić information content (AvgIpc) is 3.26. The molecule has 0 aliphatic carbocycles. The number of amides is 1. The van der Waals surface area contributed by atoms with Crippen molar-refractivity contribution in [2.24, 2.45) is 5.92 Å². The monoisotopic (exact) mass is 384 g/mol. The molecule has 0 spiro atoms. The van der Waals surface area contributed by atoms with E-state index in [1.165, 1.54) is 11.8 Å². The Morgan fingerprint density at radius 2 is 1.93 bits per heavy atom. The van der Waals surface area contributed by atoms with Gasteiger partial charge in [-0.15, -0.1) is 10.2 Å². The first-order valence-corrected chi connectivity index (χ1v) is 9.90. The number of aromatic nitrogens is 3. The summed E-state index contributed by atoms with van der Waals surface area (Å²) in [4.78, 5) is 12.5. The second-order valence-electron chi connectivity index (χ2n) is 6.89. The minimum Gasteiger partial charge on any atom is -0.461 e. The van der Waals surface area contributed by atoms with Crippen LogP contribution in [-0.4, -0.2) is 26.4 Å². The molecule has 2 aromatic heterocycles. The molecule has 0 atom stereocenters. The van der Waals surface area contributed by atoms with Crippen LogP contribution >= 0.6 is 11.8 Å². The fraction of sp³-hybridized carbons (Fsp3) is 0.350. The van der Waals surface area contributed by atoms with Gasteiger partial charge in [0.1, 0.15) is 0 Å². The van der Waals surface area contributed by atoms with Crippen molar-refractivity contribution >= 4 is 23.4 Å². The van der Waals surface area contributed by atoms with Crippen LogP contribution in [-0.2, 0) is 11.3 Å². The molecule has 0 saturated carbocycles. The van der Waals surface area contributed by atoms with Gasteiger partial charge in [-0.05, 0) is 43.0 Å². The van der Waals surface area contributed by atoms with Gasteiger partial charge in [-0.2, -0.15) is 0 Å². The van der Waals surface area contributed by atoms with Crippen LogP contribution in [0.5, 0.6) is 0 Å². The van der Waals surface area contributed by atoms with Crippen molar-refractivity contribution in [3.8, 4) is 11.6 Å². The summed E-state index contributed by atoms with van der Waals surface area (Å²) in [7, 11) is 0. The number of furan rings is 1. The van der Waals surface area contributed by atoms with Crippen LogP contribution in [0.4, 0.5) is 5.69 Å². The van der Waals surface area contributed by atoms with Gasteiger partial charge in [0, 0.05) is 12.2 Å². The van der Waals surface area contributed by atoms with Crippen molar-refractivity contribution in [2.75, 3.05) is 11.1 Å². The molecule has 2 heterocycles. The molecule has 0 saturated heterocycles. The molecule has 1 N–H and O–H groups in total. The lowest BCUT2D eigenvalue weighted by Crippen LogP contribution is -2.16. The van der Waals surface area contributed by atoms with E-state index in [1.54, 1.807) is 6.26 Å². The van der Waals surface area contributed by atoms with E-state index < -0.39 is 0 Å². The molecule has 0 radical (unpaired) electrons. The van der Waals surface area contributed by atoms with E-state index in [2.05, 4.69) is 29.4 Å². The molecule has 0 fully saturated rings. The number of rotatable bonds is 7. The highest BCUT2D eigenvalue weighted by Crippen LogP contribution is 2.26. The summed E-state index contributed by atoms with van der Waals surface area (Å²) in [6.45, 7) is 9.00. The Morgan fingerprint density at radius 1 is 1.19 bits per heavy atom. The summed E-state index contributed by atoms with van der Waals surface area (Å²) in [6.07, 6.45) is 1.62. The van der Waals surface area contributed by atoms with Crippen molar-refractivity contribution in [1.82, 2.24) is 14.8 Å². The number of hydrogen-bond acceptors (Lipinski definition) is 5. The standard InChI is InChI=1S/C20H24N4O2S/c1-13(2)11-24-19(16-9-6-10-26-16)22-23-20(24)27-12-17(25)21-18-14(3)7-5-8-15(18)4/h5-10,13H,11-12H2,1-4H3,(H,21,25). The van der Waals surface area contributed by atoms with E-state index in [4.69, 9.17) is 4.42 Å². The largest absolute Gasteiger partial charge is 0.461 e. The highest BCUT2D eigenvalue weighted by molar-refractivity contribution is 7.99. The molecule has 0 bridgehead atoms. The first kappa shape index (κ1) is 19.2. The molecule has 1 aromatic carbocycles. The number of aryl methyl sites for hydroxylation is 2. The lowest BCUT2D eigenvalue weighted by atomic mass is 10.1. The fourth-order valence-electron chi connectivity index (χ4n) is 2.83. The number of hydrogen-bond donors (Lipinski definition) is 1. The second-order valence-corrected chi connectivity index (χ2v) is 7.83. The third-order valence-electron chi connectivity index (χ3n) is 4.08. The lowest BCUT2D eigenvalue weighted by Gasteiger charge is -2.13. The summed E-state index contributed by atoms with van der Waals surface area (Å²) in [6, 6.07) is 9.66. The molecular weight excluding hydrogens is 360 g/mol. The number of carbonyl (C=O) groups excluding carboxylic acids is 1. The van der Waals surface area contributed by atoms with Gasteiger partial charge in [-0.25, -0.2) is 0 Å². The Bertz CT molecular complexity index is 896. The van der Waals surface area contributed by atoms with Crippen LogP contribution in [0.15, 0.2) is 46.2 Å². The molecule has 1 amide bonds. The van der Waals surface area contributed by atoms with Crippen molar-refractivity contribution in [1.29, 1.82) is 0 Å². The van der Waals surface area contributed by atoms with Crippen LogP contribution in [0.2, 0.25) is 0 Å². The third-order valence-corrected chi connectivity index (χ3v) is 5.05. The Hall–Kier alpha value is -2.54. The zero-order valence-corrected chi connectivity index (χ0v) is 16.8. The van der Waals surface area contributed by atoms with Gasteiger partial charge in [0.25, 0.3) is 0 Å². The minimum atomic E-state index is -0.0592. The van der Waals surface area contributed by atoms with Crippen LogP contribution < -0.4 is 5.32 Å². The van der Waals surface area contributed by atoms with E-state index in [-0.39, 0.29) is 11.7 Å². The molecule has 3 aromatic rings. The highest BCUT2D eigenvalue weighted by atomic mass is 32.2. The maximum absolute atomic E-state index is 12.5. The summed E-state index contributed by atoms with van der Waals surface area (Å²) in [5, 5.41) is 12.3. The highest BCUT2D eigenvalue weighted by Gasteiger charge is 2.18. The zero-order valence-electron chi connectivity index (χ0n) is 16.0. The van der Waals surface area contributed by atoms with Gasteiger partial charge in [-0.1, -0.05) is 43.8 Å². The van der Waals surface area contributed by atoms with E-state index in [9.17, 15) is 4.79 Å². The van der Waals surface area contributed by atoms with Gasteiger partial charge < -0.3 is 9.73 Å². The van der Waals surface area contributed by atoms with Crippen LogP contribution in [0, 0.1) is 19.8 Å². The predicted molar refractivity (Wildman–Crippen MR) is 108 cm³/mol. The topological polar surface area (TPSA) is 73.0 Å². The minimum absolute atomic E-state index is 0.0592. The molecule has 7 heteroatoms. The maximum Gasteiger partial charge on any atom is 0.234 e. The van der Waals surface area contributed by atoms with E-state index in [1.807, 2.05) is 48.7 Å². The number of carbonyl (C=O) groups is 1. The number of para-hydroxylation sites is 1. The number of benzene rings is 1. The van der Waals surface area contributed by atoms with Gasteiger partial charge in [0.15, 0.2) is 16.7 Å². The average molecular weight is 385 g/mol. The third kappa shape index (κ3) is 4.60. The normalized spacial score (nSPS) is 11.1. The fourth-order valence-corrected chi connectivity index (χ4v) is 3.58. The Kier molecular flexibility index (Phi) is 6.01. The van der Waals surface area contributed by atoms with Crippen LogP contribution in [0.3, 0.4) is 0 Å². The molecule has 3 rings (SSSR count). The molecule has 27 heavy (non-hydrogen) atoms. The zero-order chi connectivity index (χ0) is 19.4. The molecular formula is C20H24N4O2S. The predicted octanol–water partition coefficient (Wildman–Crippen LogP) is 4.54. The second kappa shape index (κ2) is 8.43. The van der Waals surface area contributed by atoms with Gasteiger partial charge >= 0.3 is 0 Å². The molecule has 142 valence electrons. The molecule has 0 aliphatic heterocycles.